The van der Waals surface area contributed by atoms with Gasteiger partial charge in [-0.15, -0.1) is 0 Å². The quantitative estimate of drug-likeness (QED) is 0.288. The maximum atomic E-state index is 14.0. The van der Waals surface area contributed by atoms with Crippen LogP contribution >= 0.6 is 15.9 Å². The first-order valence-corrected chi connectivity index (χ1v) is 11.6. The molecule has 0 aliphatic carbocycles. The van der Waals surface area contributed by atoms with Crippen LogP contribution in [0, 0.1) is 11.6 Å². The van der Waals surface area contributed by atoms with E-state index in [1.165, 1.54) is 36.4 Å². The third-order valence-corrected chi connectivity index (χ3v) is 5.91. The standard InChI is InChI=1S/C26H21BrF2N2O4/c1-2-34-23-12-18(20(27)13-24(23)35-15-16-7-9-19(28)10-8-16)11-22-25(32)31(26(33)30-22)14-17-5-3-4-6-21(17)29/h3-13H,2,14-15H2,1H3,(H,30,33)/b22-11+. The van der Waals surface area contributed by atoms with Gasteiger partial charge in [0.25, 0.3) is 5.91 Å². The summed E-state index contributed by atoms with van der Waals surface area (Å²) in [7, 11) is 0. The van der Waals surface area contributed by atoms with Gasteiger partial charge in [0.05, 0.1) is 13.2 Å². The van der Waals surface area contributed by atoms with Gasteiger partial charge in [0.2, 0.25) is 0 Å². The molecule has 1 aliphatic rings. The van der Waals surface area contributed by atoms with E-state index in [0.717, 1.165) is 10.5 Å². The van der Waals surface area contributed by atoms with Gasteiger partial charge >= 0.3 is 6.03 Å². The predicted molar refractivity (Wildman–Crippen MR) is 130 cm³/mol. The highest BCUT2D eigenvalue weighted by Crippen LogP contribution is 2.36. The molecule has 3 aromatic rings. The maximum absolute atomic E-state index is 14.0. The second-order valence-corrected chi connectivity index (χ2v) is 8.49. The summed E-state index contributed by atoms with van der Waals surface area (Å²) in [5.74, 6) is -0.506. The summed E-state index contributed by atoms with van der Waals surface area (Å²) in [6.07, 6.45) is 1.51. The molecule has 3 amide bonds. The lowest BCUT2D eigenvalue weighted by Crippen LogP contribution is -2.30. The Bertz CT molecular complexity index is 1300. The van der Waals surface area contributed by atoms with E-state index in [9.17, 15) is 18.4 Å². The van der Waals surface area contributed by atoms with Crippen LogP contribution in [0.4, 0.5) is 13.6 Å². The molecular weight excluding hydrogens is 522 g/mol. The van der Waals surface area contributed by atoms with Crippen LogP contribution in [0.5, 0.6) is 11.5 Å². The van der Waals surface area contributed by atoms with Crippen LogP contribution in [0.25, 0.3) is 6.08 Å². The summed E-state index contributed by atoms with van der Waals surface area (Å²) < 4.78 is 39.3. The number of benzene rings is 3. The first-order valence-electron chi connectivity index (χ1n) is 10.8. The monoisotopic (exact) mass is 542 g/mol. The molecule has 1 aliphatic heterocycles. The molecule has 35 heavy (non-hydrogen) atoms. The third-order valence-electron chi connectivity index (χ3n) is 5.22. The molecule has 0 spiro atoms. The average molecular weight is 543 g/mol. The van der Waals surface area contributed by atoms with E-state index < -0.39 is 17.8 Å². The number of imide groups is 1. The number of rotatable bonds is 8. The molecule has 1 fully saturated rings. The second-order valence-electron chi connectivity index (χ2n) is 7.64. The zero-order valence-corrected chi connectivity index (χ0v) is 20.3. The van der Waals surface area contributed by atoms with Gasteiger partial charge in [-0.05, 0) is 54.5 Å². The van der Waals surface area contributed by atoms with E-state index >= 15 is 0 Å². The largest absolute Gasteiger partial charge is 0.490 e. The van der Waals surface area contributed by atoms with Crippen molar-refractivity contribution in [3.63, 3.8) is 0 Å². The third kappa shape index (κ3) is 5.68. The number of amides is 3. The van der Waals surface area contributed by atoms with Gasteiger partial charge in [-0.3, -0.25) is 9.69 Å². The van der Waals surface area contributed by atoms with Gasteiger partial charge in [-0.1, -0.05) is 46.3 Å². The number of carbonyl (C=O) groups is 2. The Morgan fingerprint density at radius 3 is 2.43 bits per heavy atom. The van der Waals surface area contributed by atoms with Gasteiger partial charge in [-0.2, -0.15) is 0 Å². The average Bonchev–Trinajstić information content (AvgIpc) is 3.10. The van der Waals surface area contributed by atoms with Crippen LogP contribution in [-0.4, -0.2) is 23.4 Å². The highest BCUT2D eigenvalue weighted by Gasteiger charge is 2.34. The van der Waals surface area contributed by atoms with Crippen LogP contribution in [0.1, 0.15) is 23.6 Å². The zero-order valence-electron chi connectivity index (χ0n) is 18.7. The first-order chi connectivity index (χ1) is 16.9. The van der Waals surface area contributed by atoms with Gasteiger partial charge < -0.3 is 14.8 Å². The van der Waals surface area contributed by atoms with Gasteiger partial charge in [0.1, 0.15) is 23.9 Å². The molecule has 0 radical (unpaired) electrons. The van der Waals surface area contributed by atoms with Crippen molar-refractivity contribution in [3.05, 3.63) is 99.2 Å². The van der Waals surface area contributed by atoms with Crippen LogP contribution in [0.15, 0.2) is 70.8 Å². The lowest BCUT2D eigenvalue weighted by molar-refractivity contribution is -0.123. The minimum atomic E-state index is -0.634. The summed E-state index contributed by atoms with van der Waals surface area (Å²) in [5, 5.41) is 2.54. The van der Waals surface area contributed by atoms with Crippen molar-refractivity contribution in [1.29, 1.82) is 0 Å². The summed E-state index contributed by atoms with van der Waals surface area (Å²) in [5.41, 5.74) is 1.64. The van der Waals surface area contributed by atoms with Crippen molar-refractivity contribution in [2.24, 2.45) is 0 Å². The number of halogens is 3. The summed E-state index contributed by atoms with van der Waals surface area (Å²) >= 11 is 3.47. The minimum Gasteiger partial charge on any atom is -0.490 e. The Balaban J connectivity index is 1.56. The molecule has 3 aromatic carbocycles. The number of ether oxygens (including phenoxy) is 2. The second kappa shape index (κ2) is 10.7. The zero-order chi connectivity index (χ0) is 24.9. The molecule has 1 N–H and O–H groups in total. The Kier molecular flexibility index (Phi) is 7.45. The van der Waals surface area contributed by atoms with Crippen molar-refractivity contribution in [2.45, 2.75) is 20.1 Å². The molecule has 0 saturated carbocycles. The van der Waals surface area contributed by atoms with Crippen molar-refractivity contribution in [3.8, 4) is 11.5 Å². The highest BCUT2D eigenvalue weighted by molar-refractivity contribution is 9.10. The minimum absolute atomic E-state index is 0.0504. The van der Waals surface area contributed by atoms with E-state index in [2.05, 4.69) is 21.2 Å². The Morgan fingerprint density at radius 1 is 1.00 bits per heavy atom. The molecule has 0 atom stereocenters. The highest BCUT2D eigenvalue weighted by atomic mass is 79.9. The Labute approximate surface area is 209 Å². The lowest BCUT2D eigenvalue weighted by atomic mass is 10.1. The lowest BCUT2D eigenvalue weighted by Gasteiger charge is -2.14. The maximum Gasteiger partial charge on any atom is 0.329 e. The number of hydrogen-bond acceptors (Lipinski definition) is 4. The van der Waals surface area contributed by atoms with Crippen LogP contribution < -0.4 is 14.8 Å². The fraction of sp³-hybridized carbons (Fsp3) is 0.154. The van der Waals surface area contributed by atoms with Crippen molar-refractivity contribution in [1.82, 2.24) is 10.2 Å². The molecule has 0 bridgehead atoms. The molecule has 4 rings (SSSR count). The summed E-state index contributed by atoms with van der Waals surface area (Å²) in [6, 6.07) is 14.7. The van der Waals surface area contributed by atoms with E-state index in [4.69, 9.17) is 9.47 Å². The SMILES string of the molecule is CCOc1cc(/C=C2/NC(=O)N(Cc3ccccc3F)C2=O)c(Br)cc1OCc1ccc(F)cc1. The predicted octanol–water partition coefficient (Wildman–Crippen LogP) is 5.80. The van der Waals surface area contributed by atoms with Crippen LogP contribution in [-0.2, 0) is 17.9 Å². The van der Waals surface area contributed by atoms with E-state index in [0.29, 0.717) is 28.1 Å². The van der Waals surface area contributed by atoms with Crippen molar-refractivity contribution in [2.75, 3.05) is 6.61 Å². The fourth-order valence-corrected chi connectivity index (χ4v) is 3.89. The molecule has 1 saturated heterocycles. The van der Waals surface area contributed by atoms with E-state index in [1.807, 2.05) is 6.92 Å². The van der Waals surface area contributed by atoms with Gasteiger partial charge in [0, 0.05) is 10.0 Å². The first kappa shape index (κ1) is 24.4. The summed E-state index contributed by atoms with van der Waals surface area (Å²) in [4.78, 5) is 26.2. The Morgan fingerprint density at radius 2 is 1.71 bits per heavy atom. The number of hydrogen-bond donors (Lipinski definition) is 1. The molecule has 0 unspecified atom stereocenters. The Hall–Kier alpha value is -3.72. The smallest absolute Gasteiger partial charge is 0.329 e. The molecule has 6 nitrogen and oxygen atoms in total. The normalized spacial score (nSPS) is 14.4. The van der Waals surface area contributed by atoms with Crippen LogP contribution in [0.2, 0.25) is 0 Å². The number of nitrogens with one attached hydrogen (secondary N) is 1. The van der Waals surface area contributed by atoms with Gasteiger partial charge in [-0.25, -0.2) is 13.6 Å². The molecule has 9 heteroatoms. The van der Waals surface area contributed by atoms with Crippen LogP contribution in [0.3, 0.4) is 0 Å². The fourth-order valence-electron chi connectivity index (χ4n) is 3.45. The van der Waals surface area contributed by atoms with Crippen molar-refractivity contribution >= 4 is 33.9 Å². The topological polar surface area (TPSA) is 67.9 Å². The molecule has 0 aromatic heterocycles. The molecule has 1 heterocycles. The van der Waals surface area contributed by atoms with E-state index in [1.54, 1.807) is 30.3 Å². The number of urea groups is 1. The molecular formula is C26H21BrF2N2O4. The van der Waals surface area contributed by atoms with E-state index in [-0.39, 0.29) is 30.2 Å². The number of nitrogens with zero attached hydrogens (tertiary/aromatic N) is 1. The summed E-state index contributed by atoms with van der Waals surface area (Å²) in [6.45, 7) is 2.21. The van der Waals surface area contributed by atoms with Crippen molar-refractivity contribution < 1.29 is 27.8 Å². The number of carbonyl (C=O) groups excluding carboxylic acids is 2. The molecule has 180 valence electrons. The van der Waals surface area contributed by atoms with Gasteiger partial charge in [0.15, 0.2) is 11.5 Å².